The van der Waals surface area contributed by atoms with E-state index in [2.05, 4.69) is 14.6 Å². The van der Waals surface area contributed by atoms with Gasteiger partial charge in [0, 0.05) is 49.0 Å². The molecule has 2 heterocycles. The minimum Gasteiger partial charge on any atom is -0.345 e. The number of hydrogen-bond acceptors (Lipinski definition) is 6. The highest BCUT2D eigenvalue weighted by molar-refractivity contribution is 7.92. The number of carbonyl (C=O) groups is 1. The Balaban J connectivity index is 1.51. The van der Waals surface area contributed by atoms with Crippen LogP contribution >= 0.6 is 11.3 Å². The molecule has 3 aromatic rings. The Bertz CT molecular complexity index is 1170. The number of nitrogens with zero attached hydrogens (tertiary/aromatic N) is 3. The fourth-order valence-corrected chi connectivity index (χ4v) is 5.26. The summed E-state index contributed by atoms with van der Waals surface area (Å²) in [5.74, 6) is -0.149. The number of piperazine rings is 1. The second-order valence-corrected chi connectivity index (χ2v) is 10.1. The number of aryl methyl sites for hydroxylation is 2. The van der Waals surface area contributed by atoms with E-state index >= 15 is 0 Å². The SMILES string of the molecule is Cc1ccc(NS(=O)(=O)c2ccc(C)c(C(=O)N3CCN(c4nccs4)CC3)c2)cc1. The van der Waals surface area contributed by atoms with E-state index in [0.717, 1.165) is 16.3 Å². The molecule has 0 atom stereocenters. The van der Waals surface area contributed by atoms with Crippen LogP contribution in [-0.4, -0.2) is 50.4 Å². The van der Waals surface area contributed by atoms with Crippen molar-refractivity contribution in [2.24, 2.45) is 0 Å². The van der Waals surface area contributed by atoms with Gasteiger partial charge in [-0.05, 0) is 43.7 Å². The van der Waals surface area contributed by atoms with Crippen molar-refractivity contribution < 1.29 is 13.2 Å². The number of amides is 1. The minimum atomic E-state index is -3.80. The zero-order chi connectivity index (χ0) is 22.0. The first kappa shape index (κ1) is 21.3. The van der Waals surface area contributed by atoms with Crippen molar-refractivity contribution in [3.63, 3.8) is 0 Å². The Morgan fingerprint density at radius 1 is 1.03 bits per heavy atom. The number of anilines is 2. The summed E-state index contributed by atoms with van der Waals surface area (Å²) in [6.45, 7) is 6.29. The predicted octanol–water partition coefficient (Wildman–Crippen LogP) is 3.52. The number of thiazole rings is 1. The molecule has 0 unspecified atom stereocenters. The van der Waals surface area contributed by atoms with Gasteiger partial charge < -0.3 is 9.80 Å². The zero-order valence-corrected chi connectivity index (χ0v) is 19.0. The van der Waals surface area contributed by atoms with Crippen molar-refractivity contribution in [1.29, 1.82) is 0 Å². The molecule has 0 bridgehead atoms. The lowest BCUT2D eigenvalue weighted by atomic mass is 10.1. The van der Waals surface area contributed by atoms with Crippen LogP contribution in [0.1, 0.15) is 21.5 Å². The van der Waals surface area contributed by atoms with Gasteiger partial charge in [-0.1, -0.05) is 23.8 Å². The molecule has 1 N–H and O–H groups in total. The summed E-state index contributed by atoms with van der Waals surface area (Å²) in [6, 6.07) is 11.8. The van der Waals surface area contributed by atoms with Crippen LogP contribution in [0.3, 0.4) is 0 Å². The largest absolute Gasteiger partial charge is 0.345 e. The van der Waals surface area contributed by atoms with E-state index in [-0.39, 0.29) is 10.8 Å². The van der Waals surface area contributed by atoms with Gasteiger partial charge in [-0.2, -0.15) is 0 Å². The van der Waals surface area contributed by atoms with Gasteiger partial charge in [-0.15, -0.1) is 11.3 Å². The smallest absolute Gasteiger partial charge is 0.261 e. The standard InChI is InChI=1S/C22H24N4O3S2/c1-16-3-6-18(7-4-16)24-31(28,29)19-8-5-17(2)20(15-19)21(27)25-10-12-26(13-11-25)22-23-9-14-30-22/h3-9,14-15,24H,10-13H2,1-2H3. The van der Waals surface area contributed by atoms with Crippen molar-refractivity contribution >= 4 is 38.1 Å². The predicted molar refractivity (Wildman–Crippen MR) is 123 cm³/mol. The molecule has 1 aromatic heterocycles. The highest BCUT2D eigenvalue weighted by atomic mass is 32.2. The quantitative estimate of drug-likeness (QED) is 0.635. The first-order chi connectivity index (χ1) is 14.8. The molecule has 7 nitrogen and oxygen atoms in total. The van der Waals surface area contributed by atoms with E-state index in [1.165, 1.54) is 12.1 Å². The molecule has 0 spiro atoms. The fourth-order valence-electron chi connectivity index (χ4n) is 3.48. The summed E-state index contributed by atoms with van der Waals surface area (Å²) in [5, 5.41) is 2.89. The third-order valence-electron chi connectivity index (χ3n) is 5.31. The normalized spacial score (nSPS) is 14.5. The van der Waals surface area contributed by atoms with E-state index < -0.39 is 10.0 Å². The molecule has 1 fully saturated rings. The van der Waals surface area contributed by atoms with Crippen molar-refractivity contribution in [3.8, 4) is 0 Å². The van der Waals surface area contributed by atoms with Crippen LogP contribution in [0.25, 0.3) is 0 Å². The Labute approximate surface area is 186 Å². The van der Waals surface area contributed by atoms with Crippen LogP contribution in [0.5, 0.6) is 0 Å². The molecule has 1 saturated heterocycles. The molecule has 0 aliphatic carbocycles. The number of carbonyl (C=O) groups excluding carboxylic acids is 1. The average molecular weight is 457 g/mol. The number of benzene rings is 2. The maximum Gasteiger partial charge on any atom is 0.261 e. The van der Waals surface area contributed by atoms with Crippen LogP contribution in [0.2, 0.25) is 0 Å². The summed E-state index contributed by atoms with van der Waals surface area (Å²) >= 11 is 1.58. The molecule has 0 radical (unpaired) electrons. The van der Waals surface area contributed by atoms with Gasteiger partial charge in [0.25, 0.3) is 15.9 Å². The van der Waals surface area contributed by atoms with Crippen LogP contribution in [0.15, 0.2) is 58.9 Å². The van der Waals surface area contributed by atoms with Gasteiger partial charge in [0.05, 0.1) is 4.90 Å². The van der Waals surface area contributed by atoms with E-state index in [9.17, 15) is 13.2 Å². The first-order valence-corrected chi connectivity index (χ1v) is 12.3. The molecular weight excluding hydrogens is 432 g/mol. The van der Waals surface area contributed by atoms with Crippen molar-refractivity contribution in [2.45, 2.75) is 18.7 Å². The van der Waals surface area contributed by atoms with Crippen LogP contribution in [-0.2, 0) is 10.0 Å². The maximum atomic E-state index is 13.2. The van der Waals surface area contributed by atoms with Crippen molar-refractivity contribution in [3.05, 3.63) is 70.7 Å². The van der Waals surface area contributed by atoms with Gasteiger partial charge >= 0.3 is 0 Å². The Kier molecular flexibility index (Phi) is 5.97. The minimum absolute atomic E-state index is 0.0726. The number of rotatable bonds is 5. The number of sulfonamides is 1. The highest BCUT2D eigenvalue weighted by Gasteiger charge is 2.25. The van der Waals surface area contributed by atoms with Gasteiger partial charge in [0.2, 0.25) is 0 Å². The van der Waals surface area contributed by atoms with Gasteiger partial charge in [0.1, 0.15) is 0 Å². The third-order valence-corrected chi connectivity index (χ3v) is 7.52. The van der Waals surface area contributed by atoms with Gasteiger partial charge in [-0.25, -0.2) is 13.4 Å². The van der Waals surface area contributed by atoms with Gasteiger partial charge in [0.15, 0.2) is 5.13 Å². The number of nitrogens with one attached hydrogen (secondary N) is 1. The van der Waals surface area contributed by atoms with E-state index in [4.69, 9.17) is 0 Å². The molecular formula is C22H24N4O3S2. The average Bonchev–Trinajstić information content (AvgIpc) is 3.30. The van der Waals surface area contributed by atoms with E-state index in [1.54, 1.807) is 40.6 Å². The van der Waals surface area contributed by atoms with Crippen LogP contribution < -0.4 is 9.62 Å². The molecule has 4 rings (SSSR count). The van der Waals surface area contributed by atoms with Crippen molar-refractivity contribution in [2.75, 3.05) is 35.8 Å². The zero-order valence-electron chi connectivity index (χ0n) is 17.4. The summed E-state index contributed by atoms with van der Waals surface area (Å²) in [6.07, 6.45) is 1.78. The maximum absolute atomic E-state index is 13.2. The summed E-state index contributed by atoms with van der Waals surface area (Å²) in [4.78, 5) is 21.5. The second kappa shape index (κ2) is 8.68. The summed E-state index contributed by atoms with van der Waals surface area (Å²) < 4.78 is 28.3. The second-order valence-electron chi connectivity index (χ2n) is 7.54. The Morgan fingerprint density at radius 3 is 2.39 bits per heavy atom. The number of hydrogen-bond donors (Lipinski definition) is 1. The van der Waals surface area contributed by atoms with E-state index in [1.807, 2.05) is 31.4 Å². The molecule has 0 saturated carbocycles. The molecule has 1 aliphatic heterocycles. The molecule has 2 aromatic carbocycles. The highest BCUT2D eigenvalue weighted by Crippen LogP contribution is 2.23. The summed E-state index contributed by atoms with van der Waals surface area (Å²) in [7, 11) is -3.80. The Hall–Kier alpha value is -2.91. The Morgan fingerprint density at radius 2 is 1.74 bits per heavy atom. The number of aromatic nitrogens is 1. The summed E-state index contributed by atoms with van der Waals surface area (Å²) in [5.41, 5.74) is 2.69. The monoisotopic (exact) mass is 456 g/mol. The lowest BCUT2D eigenvalue weighted by Crippen LogP contribution is -2.49. The molecule has 9 heteroatoms. The molecule has 1 aliphatic rings. The third kappa shape index (κ3) is 4.72. The topological polar surface area (TPSA) is 82.6 Å². The first-order valence-electron chi connectivity index (χ1n) is 9.97. The van der Waals surface area contributed by atoms with Crippen LogP contribution in [0.4, 0.5) is 10.8 Å². The lowest BCUT2D eigenvalue weighted by molar-refractivity contribution is 0.0746. The van der Waals surface area contributed by atoms with Crippen LogP contribution in [0, 0.1) is 13.8 Å². The molecule has 31 heavy (non-hydrogen) atoms. The lowest BCUT2D eigenvalue weighted by Gasteiger charge is -2.34. The van der Waals surface area contributed by atoms with Gasteiger partial charge in [-0.3, -0.25) is 9.52 Å². The van der Waals surface area contributed by atoms with Crippen molar-refractivity contribution in [1.82, 2.24) is 9.88 Å². The molecule has 162 valence electrons. The van der Waals surface area contributed by atoms with E-state index in [0.29, 0.717) is 37.4 Å². The fraction of sp³-hybridized carbons (Fsp3) is 0.273. The molecule has 1 amide bonds.